The zero-order chi connectivity index (χ0) is 16.8. The fraction of sp³-hybridized carbons (Fsp3) is 0.176. The molecule has 0 saturated heterocycles. The number of benzene rings is 2. The molecule has 120 valence electrons. The minimum Gasteiger partial charge on any atom is -0.508 e. The molecule has 0 fully saturated rings. The number of aryl methyl sites for hydroxylation is 1. The number of rotatable bonds is 5. The molecule has 0 spiro atoms. The normalized spacial score (nSPS) is 11.3. The maximum atomic E-state index is 9.84. The van der Waals surface area contributed by atoms with Crippen LogP contribution in [-0.2, 0) is 0 Å². The second-order valence-corrected chi connectivity index (χ2v) is 4.81. The number of hydrogen-bond acceptors (Lipinski definition) is 6. The van der Waals surface area contributed by atoms with E-state index < -0.39 is 0 Å². The van der Waals surface area contributed by atoms with Gasteiger partial charge in [-0.25, -0.2) is 0 Å². The highest BCUT2D eigenvalue weighted by Crippen LogP contribution is 2.36. The second-order valence-electron chi connectivity index (χ2n) is 4.81. The molecule has 0 radical (unpaired) electrons. The minimum absolute atomic E-state index is 0.0600. The fourth-order valence-electron chi connectivity index (χ4n) is 1.95. The highest BCUT2D eigenvalue weighted by Gasteiger charge is 2.09. The quantitative estimate of drug-likeness (QED) is 0.656. The Kier molecular flexibility index (Phi) is 5.19. The molecule has 0 unspecified atom stereocenters. The average Bonchev–Trinajstić information content (AvgIpc) is 2.55. The van der Waals surface area contributed by atoms with Crippen LogP contribution in [0.5, 0.6) is 23.0 Å². The Labute approximate surface area is 134 Å². The summed E-state index contributed by atoms with van der Waals surface area (Å²) in [7, 11) is 2.92. The smallest absolute Gasteiger partial charge is 0.200 e. The summed E-state index contributed by atoms with van der Waals surface area (Å²) in [6, 6.07) is 8.41. The molecule has 0 heterocycles. The topological polar surface area (TPSA) is 83.6 Å². The van der Waals surface area contributed by atoms with Crippen molar-refractivity contribution in [3.63, 3.8) is 0 Å². The van der Waals surface area contributed by atoms with Gasteiger partial charge >= 0.3 is 0 Å². The average molecular weight is 314 g/mol. The summed E-state index contributed by atoms with van der Waals surface area (Å²) in [4.78, 5) is 0. The van der Waals surface area contributed by atoms with Gasteiger partial charge < -0.3 is 19.7 Å². The van der Waals surface area contributed by atoms with Gasteiger partial charge in [-0.05, 0) is 48.4 Å². The first kappa shape index (κ1) is 16.4. The van der Waals surface area contributed by atoms with Crippen molar-refractivity contribution in [2.45, 2.75) is 6.92 Å². The summed E-state index contributed by atoms with van der Waals surface area (Å²) in [5.41, 5.74) is 2.28. The number of hydrogen-bond donors (Lipinski definition) is 2. The Morgan fingerprint density at radius 1 is 0.870 bits per heavy atom. The number of phenolic OH excluding ortho intramolecular Hbond substituents is 2. The van der Waals surface area contributed by atoms with Gasteiger partial charge in [-0.2, -0.15) is 10.2 Å². The first-order valence-corrected chi connectivity index (χ1v) is 6.86. The van der Waals surface area contributed by atoms with Crippen molar-refractivity contribution in [1.29, 1.82) is 0 Å². The SMILES string of the molecule is COc1cc(/C=N/N=C/c2ccc(O)c(C)c2)cc(OC)c1O. The van der Waals surface area contributed by atoms with E-state index in [2.05, 4.69) is 10.2 Å². The Morgan fingerprint density at radius 3 is 1.96 bits per heavy atom. The van der Waals surface area contributed by atoms with Crippen LogP contribution in [0.1, 0.15) is 16.7 Å². The third-order valence-electron chi connectivity index (χ3n) is 3.20. The molecule has 6 nitrogen and oxygen atoms in total. The van der Waals surface area contributed by atoms with Crippen molar-refractivity contribution < 1.29 is 19.7 Å². The lowest BCUT2D eigenvalue weighted by atomic mass is 10.1. The lowest BCUT2D eigenvalue weighted by Crippen LogP contribution is -1.92. The van der Waals surface area contributed by atoms with Gasteiger partial charge in [0.05, 0.1) is 26.6 Å². The van der Waals surface area contributed by atoms with Crippen molar-refractivity contribution in [1.82, 2.24) is 0 Å². The van der Waals surface area contributed by atoms with Gasteiger partial charge in [0, 0.05) is 5.56 Å². The number of aromatic hydroxyl groups is 2. The molecular formula is C17H18N2O4. The molecule has 0 amide bonds. The van der Waals surface area contributed by atoms with E-state index in [0.29, 0.717) is 17.1 Å². The zero-order valence-corrected chi connectivity index (χ0v) is 13.1. The zero-order valence-electron chi connectivity index (χ0n) is 13.1. The van der Waals surface area contributed by atoms with Gasteiger partial charge in [0.1, 0.15) is 5.75 Å². The fourth-order valence-corrected chi connectivity index (χ4v) is 1.95. The van der Waals surface area contributed by atoms with Gasteiger partial charge in [-0.15, -0.1) is 0 Å². The van der Waals surface area contributed by atoms with Gasteiger partial charge in [-0.3, -0.25) is 0 Å². The second kappa shape index (κ2) is 7.31. The van der Waals surface area contributed by atoms with E-state index >= 15 is 0 Å². The van der Waals surface area contributed by atoms with Crippen molar-refractivity contribution in [2.24, 2.45) is 10.2 Å². The first-order valence-electron chi connectivity index (χ1n) is 6.86. The highest BCUT2D eigenvalue weighted by molar-refractivity contribution is 5.84. The van der Waals surface area contributed by atoms with Crippen molar-refractivity contribution in [3.8, 4) is 23.0 Å². The molecule has 6 heteroatoms. The number of nitrogens with zero attached hydrogens (tertiary/aromatic N) is 2. The summed E-state index contributed by atoms with van der Waals surface area (Å²) in [6.45, 7) is 1.81. The minimum atomic E-state index is -0.0600. The molecule has 0 atom stereocenters. The van der Waals surface area contributed by atoms with Crippen LogP contribution < -0.4 is 9.47 Å². The van der Waals surface area contributed by atoms with Crippen LogP contribution in [0.3, 0.4) is 0 Å². The third kappa shape index (κ3) is 4.00. The summed E-state index contributed by atoms with van der Waals surface area (Å²) in [5.74, 6) is 0.775. The van der Waals surface area contributed by atoms with E-state index in [1.807, 2.05) is 6.92 Å². The third-order valence-corrected chi connectivity index (χ3v) is 3.20. The molecule has 0 aliphatic heterocycles. The van der Waals surface area contributed by atoms with E-state index in [1.165, 1.54) is 20.4 Å². The van der Waals surface area contributed by atoms with Crippen LogP contribution in [0.15, 0.2) is 40.5 Å². The molecule has 2 N–H and O–H groups in total. The first-order chi connectivity index (χ1) is 11.0. The van der Waals surface area contributed by atoms with Gasteiger partial charge in [0.15, 0.2) is 11.5 Å². The molecule has 2 aromatic rings. The summed E-state index contributed by atoms with van der Waals surface area (Å²) >= 11 is 0. The van der Waals surface area contributed by atoms with E-state index in [-0.39, 0.29) is 11.5 Å². The lowest BCUT2D eigenvalue weighted by Gasteiger charge is -2.08. The van der Waals surface area contributed by atoms with Crippen LogP contribution in [0.4, 0.5) is 0 Å². The highest BCUT2D eigenvalue weighted by atomic mass is 16.5. The Bertz CT molecular complexity index is 729. The molecule has 0 aliphatic rings. The predicted octanol–water partition coefficient (Wildman–Crippen LogP) is 2.88. The Morgan fingerprint density at radius 2 is 1.43 bits per heavy atom. The van der Waals surface area contributed by atoms with Crippen LogP contribution in [0, 0.1) is 6.92 Å². The number of phenols is 2. The molecule has 0 bridgehead atoms. The van der Waals surface area contributed by atoms with E-state index in [9.17, 15) is 10.2 Å². The van der Waals surface area contributed by atoms with E-state index in [4.69, 9.17) is 9.47 Å². The molecule has 2 rings (SSSR count). The molecule has 0 aromatic heterocycles. The maximum absolute atomic E-state index is 9.84. The summed E-state index contributed by atoms with van der Waals surface area (Å²) in [6.07, 6.45) is 3.10. The molecule has 0 saturated carbocycles. The van der Waals surface area contributed by atoms with Gasteiger partial charge in [0.2, 0.25) is 5.75 Å². The van der Waals surface area contributed by atoms with Crippen molar-refractivity contribution >= 4 is 12.4 Å². The molecule has 0 aliphatic carbocycles. The monoisotopic (exact) mass is 314 g/mol. The standard InChI is InChI=1S/C17H18N2O4/c1-11-6-12(4-5-14(11)20)9-18-19-10-13-7-15(22-2)17(21)16(8-13)23-3/h4-10,20-21H,1-3H3/b18-9+,19-10+. The Hall–Kier alpha value is -3.02. The summed E-state index contributed by atoms with van der Waals surface area (Å²) in [5, 5.41) is 27.2. The lowest BCUT2D eigenvalue weighted by molar-refractivity contribution is 0.340. The maximum Gasteiger partial charge on any atom is 0.200 e. The van der Waals surface area contributed by atoms with E-state index in [0.717, 1.165) is 11.1 Å². The predicted molar refractivity (Wildman–Crippen MR) is 89.2 cm³/mol. The van der Waals surface area contributed by atoms with Crippen LogP contribution in [-0.4, -0.2) is 36.9 Å². The molecule has 23 heavy (non-hydrogen) atoms. The van der Waals surface area contributed by atoms with Crippen LogP contribution >= 0.6 is 0 Å². The van der Waals surface area contributed by atoms with Crippen molar-refractivity contribution in [2.75, 3.05) is 14.2 Å². The van der Waals surface area contributed by atoms with Gasteiger partial charge in [-0.1, -0.05) is 0 Å². The van der Waals surface area contributed by atoms with E-state index in [1.54, 1.807) is 36.5 Å². The molecular weight excluding hydrogens is 296 g/mol. The van der Waals surface area contributed by atoms with Crippen molar-refractivity contribution in [3.05, 3.63) is 47.0 Å². The molecule has 2 aromatic carbocycles. The Balaban J connectivity index is 2.16. The number of methoxy groups -OCH3 is 2. The summed E-state index contributed by atoms with van der Waals surface area (Å²) < 4.78 is 10.1. The van der Waals surface area contributed by atoms with Crippen LogP contribution in [0.2, 0.25) is 0 Å². The van der Waals surface area contributed by atoms with Gasteiger partial charge in [0.25, 0.3) is 0 Å². The largest absolute Gasteiger partial charge is 0.508 e. The number of ether oxygens (including phenoxy) is 2. The van der Waals surface area contributed by atoms with Crippen LogP contribution in [0.25, 0.3) is 0 Å².